The third-order valence-electron chi connectivity index (χ3n) is 4.25. The summed E-state index contributed by atoms with van der Waals surface area (Å²) in [5.74, 6) is 0. The van der Waals surface area contributed by atoms with Gasteiger partial charge in [-0.1, -0.05) is 0 Å². The first kappa shape index (κ1) is 14.8. The highest BCUT2D eigenvalue weighted by Gasteiger charge is 2.48. The zero-order valence-corrected chi connectivity index (χ0v) is 13.8. The molecule has 0 aromatic carbocycles. The minimum absolute atomic E-state index is 0.0283. The smallest absolute Gasteiger partial charge is 0.137 e. The number of aliphatic hydroxyl groups excluding tert-OH is 1. The molecule has 4 N–H and O–H groups in total. The number of rotatable bonds is 3. The number of dihydropyridines is 1. The Morgan fingerprint density at radius 1 is 1.50 bits per heavy atom. The molecule has 112 valence electrons. The van der Waals surface area contributed by atoms with E-state index in [4.69, 9.17) is 4.74 Å². The third-order valence-corrected chi connectivity index (χ3v) is 4.92. The fraction of sp³-hybridized carbons (Fsp3) is 0.714. The van der Waals surface area contributed by atoms with Crippen LogP contribution < -0.4 is 16.0 Å². The second-order valence-electron chi connectivity index (χ2n) is 6.19. The Hall–Kier alpha value is -0.150. The minimum atomic E-state index is -0.409. The Balaban J connectivity index is 1.82. The molecule has 2 heterocycles. The number of morpholine rings is 1. The molecule has 2 atom stereocenters. The van der Waals surface area contributed by atoms with Crippen LogP contribution in [0.2, 0.25) is 0 Å². The SMILES string of the molecule is CC1(NC2(C3CNCCO3)C=C(I)C=CN2)CC(O)C1. The van der Waals surface area contributed by atoms with Gasteiger partial charge in [-0.15, -0.1) is 0 Å². The van der Waals surface area contributed by atoms with E-state index < -0.39 is 5.66 Å². The van der Waals surface area contributed by atoms with Gasteiger partial charge in [0.1, 0.15) is 11.8 Å². The lowest BCUT2D eigenvalue weighted by atomic mass is 9.74. The molecule has 5 nitrogen and oxygen atoms in total. The Morgan fingerprint density at radius 3 is 2.90 bits per heavy atom. The molecule has 1 aliphatic carbocycles. The Kier molecular flexibility index (Phi) is 4.11. The van der Waals surface area contributed by atoms with Crippen molar-refractivity contribution in [3.8, 4) is 0 Å². The van der Waals surface area contributed by atoms with Crippen molar-refractivity contribution in [3.63, 3.8) is 0 Å². The number of aliphatic hydroxyl groups is 1. The summed E-state index contributed by atoms with van der Waals surface area (Å²) in [5.41, 5.74) is -0.459. The van der Waals surface area contributed by atoms with Gasteiger partial charge in [0.25, 0.3) is 0 Å². The van der Waals surface area contributed by atoms with Gasteiger partial charge in [0.2, 0.25) is 0 Å². The number of halogens is 1. The van der Waals surface area contributed by atoms with Crippen molar-refractivity contribution in [1.82, 2.24) is 16.0 Å². The zero-order chi connectivity index (χ0) is 14.2. The molecule has 2 fully saturated rings. The van der Waals surface area contributed by atoms with Gasteiger partial charge < -0.3 is 20.5 Å². The lowest BCUT2D eigenvalue weighted by molar-refractivity contribution is -0.0621. The minimum Gasteiger partial charge on any atom is -0.393 e. The lowest BCUT2D eigenvalue weighted by Gasteiger charge is -2.52. The first-order chi connectivity index (χ1) is 9.51. The number of allylic oxidation sites excluding steroid dienone is 2. The van der Waals surface area contributed by atoms with Crippen LogP contribution in [0.1, 0.15) is 19.8 Å². The molecular formula is C14H22IN3O2. The monoisotopic (exact) mass is 391 g/mol. The molecule has 3 aliphatic rings. The molecule has 0 bridgehead atoms. The van der Waals surface area contributed by atoms with Gasteiger partial charge in [-0.3, -0.25) is 5.32 Å². The van der Waals surface area contributed by atoms with Crippen molar-refractivity contribution in [2.75, 3.05) is 19.7 Å². The molecule has 0 spiro atoms. The summed E-state index contributed by atoms with van der Waals surface area (Å²) in [6.45, 7) is 4.60. The molecule has 0 radical (unpaired) electrons. The molecule has 2 aliphatic heterocycles. The molecule has 0 aromatic rings. The van der Waals surface area contributed by atoms with E-state index in [-0.39, 0.29) is 17.7 Å². The fourth-order valence-corrected chi connectivity index (χ4v) is 4.02. The summed E-state index contributed by atoms with van der Waals surface area (Å²) in [6, 6.07) is 0. The number of nitrogens with one attached hydrogen (secondary N) is 3. The van der Waals surface area contributed by atoms with E-state index in [0.717, 1.165) is 32.5 Å². The van der Waals surface area contributed by atoms with Crippen LogP contribution in [0.15, 0.2) is 21.9 Å². The van der Waals surface area contributed by atoms with E-state index >= 15 is 0 Å². The summed E-state index contributed by atoms with van der Waals surface area (Å²) >= 11 is 2.33. The van der Waals surface area contributed by atoms with Gasteiger partial charge in [0.15, 0.2) is 0 Å². The normalized spacial score (nSPS) is 44.5. The maximum absolute atomic E-state index is 9.62. The molecule has 2 unspecified atom stereocenters. The van der Waals surface area contributed by atoms with Crippen LogP contribution in [0.4, 0.5) is 0 Å². The maximum Gasteiger partial charge on any atom is 0.137 e. The second-order valence-corrected chi connectivity index (χ2v) is 7.43. The summed E-state index contributed by atoms with van der Waals surface area (Å²) in [5, 5.41) is 20.2. The zero-order valence-electron chi connectivity index (χ0n) is 11.7. The molecule has 0 amide bonds. The Labute approximate surface area is 133 Å². The van der Waals surface area contributed by atoms with E-state index in [1.807, 2.05) is 6.20 Å². The van der Waals surface area contributed by atoms with E-state index in [9.17, 15) is 5.11 Å². The van der Waals surface area contributed by atoms with Crippen molar-refractivity contribution < 1.29 is 9.84 Å². The number of hydrogen-bond acceptors (Lipinski definition) is 5. The number of hydrogen-bond donors (Lipinski definition) is 4. The summed E-state index contributed by atoms with van der Waals surface area (Å²) in [4.78, 5) is 0. The first-order valence-corrected chi connectivity index (χ1v) is 8.22. The van der Waals surface area contributed by atoms with Crippen LogP contribution in [0, 0.1) is 0 Å². The van der Waals surface area contributed by atoms with Gasteiger partial charge >= 0.3 is 0 Å². The van der Waals surface area contributed by atoms with E-state index in [2.05, 4.69) is 57.6 Å². The highest BCUT2D eigenvalue weighted by Crippen LogP contribution is 2.36. The summed E-state index contributed by atoms with van der Waals surface area (Å²) in [6.07, 6.45) is 7.63. The van der Waals surface area contributed by atoms with E-state index in [1.54, 1.807) is 0 Å². The van der Waals surface area contributed by atoms with Gasteiger partial charge in [0.05, 0.1) is 12.7 Å². The van der Waals surface area contributed by atoms with Crippen molar-refractivity contribution >= 4 is 22.6 Å². The van der Waals surface area contributed by atoms with Crippen LogP contribution in [0.5, 0.6) is 0 Å². The first-order valence-electron chi connectivity index (χ1n) is 7.14. The van der Waals surface area contributed by atoms with E-state index in [1.165, 1.54) is 3.58 Å². The van der Waals surface area contributed by atoms with Crippen LogP contribution in [-0.2, 0) is 4.74 Å². The quantitative estimate of drug-likeness (QED) is 0.531. The second kappa shape index (κ2) is 5.57. The van der Waals surface area contributed by atoms with Crippen molar-refractivity contribution in [2.45, 2.75) is 43.2 Å². The Bertz CT molecular complexity index is 428. The van der Waals surface area contributed by atoms with Crippen LogP contribution in [-0.4, -0.2) is 48.2 Å². The van der Waals surface area contributed by atoms with Crippen LogP contribution in [0.25, 0.3) is 0 Å². The Morgan fingerprint density at radius 2 is 2.30 bits per heavy atom. The molecule has 0 aromatic heterocycles. The third kappa shape index (κ3) is 2.89. The van der Waals surface area contributed by atoms with Crippen LogP contribution in [0.3, 0.4) is 0 Å². The van der Waals surface area contributed by atoms with Gasteiger partial charge in [-0.25, -0.2) is 0 Å². The number of ether oxygens (including phenoxy) is 1. The molecule has 3 rings (SSSR count). The molecule has 1 saturated heterocycles. The summed E-state index contributed by atoms with van der Waals surface area (Å²) in [7, 11) is 0. The highest BCUT2D eigenvalue weighted by molar-refractivity contribution is 14.1. The van der Waals surface area contributed by atoms with E-state index in [0.29, 0.717) is 0 Å². The molecule has 1 saturated carbocycles. The highest BCUT2D eigenvalue weighted by atomic mass is 127. The molecule has 20 heavy (non-hydrogen) atoms. The van der Waals surface area contributed by atoms with Gasteiger partial charge in [-0.05, 0) is 60.7 Å². The van der Waals surface area contributed by atoms with Crippen LogP contribution >= 0.6 is 22.6 Å². The van der Waals surface area contributed by atoms with Gasteiger partial charge in [-0.2, -0.15) is 0 Å². The topological polar surface area (TPSA) is 65.5 Å². The summed E-state index contributed by atoms with van der Waals surface area (Å²) < 4.78 is 7.17. The molecule has 6 heteroatoms. The van der Waals surface area contributed by atoms with Crippen molar-refractivity contribution in [2.24, 2.45) is 0 Å². The standard InChI is InChI=1S/C14H22IN3O2/c1-13(7-11(19)8-13)18-14(6-10(15)2-3-17-14)12-9-16-4-5-20-12/h2-3,6,11-12,16-19H,4-5,7-9H2,1H3. The van der Waals surface area contributed by atoms with Crippen molar-refractivity contribution in [3.05, 3.63) is 21.9 Å². The van der Waals surface area contributed by atoms with Gasteiger partial charge in [0, 0.05) is 22.2 Å². The van der Waals surface area contributed by atoms with Crippen molar-refractivity contribution in [1.29, 1.82) is 0 Å². The largest absolute Gasteiger partial charge is 0.393 e. The maximum atomic E-state index is 9.62. The molecular weight excluding hydrogens is 369 g/mol. The average Bonchev–Trinajstić information content (AvgIpc) is 2.38. The predicted molar refractivity (Wildman–Crippen MR) is 86.5 cm³/mol. The lowest BCUT2D eigenvalue weighted by Crippen LogP contribution is -2.73. The predicted octanol–water partition coefficient (Wildman–Crippen LogP) is 0.610. The fourth-order valence-electron chi connectivity index (χ4n) is 3.34. The average molecular weight is 391 g/mol.